The lowest BCUT2D eigenvalue weighted by atomic mass is 10.5. The Hall–Kier alpha value is 0.170. The maximum absolute atomic E-state index is 5.35. The summed E-state index contributed by atoms with van der Waals surface area (Å²) in [7, 11) is 0. The van der Waals surface area contributed by atoms with Crippen molar-refractivity contribution >= 4 is 12.4 Å². The zero-order chi connectivity index (χ0) is 5.11. The van der Waals surface area contributed by atoms with Gasteiger partial charge in [0, 0.05) is 13.1 Å². The van der Waals surface area contributed by atoms with Gasteiger partial charge in [-0.05, 0) is 0 Å². The van der Waals surface area contributed by atoms with Gasteiger partial charge >= 0.3 is 0 Å². The first kappa shape index (κ1) is 8.17. The molecule has 1 heterocycles. The SMILES string of the molecule is Cl.N[C@@H]1CNCCO1. The van der Waals surface area contributed by atoms with Crippen LogP contribution in [0.3, 0.4) is 0 Å². The van der Waals surface area contributed by atoms with Crippen LogP contribution in [0.1, 0.15) is 0 Å². The molecule has 1 fully saturated rings. The average Bonchev–Trinajstić information content (AvgIpc) is 1.69. The molecule has 0 aromatic rings. The lowest BCUT2D eigenvalue weighted by Gasteiger charge is -2.18. The molecule has 0 aliphatic carbocycles. The summed E-state index contributed by atoms with van der Waals surface area (Å²) in [5.74, 6) is 0. The molecule has 1 aliphatic heterocycles. The van der Waals surface area contributed by atoms with E-state index in [9.17, 15) is 0 Å². The molecule has 3 nitrogen and oxygen atoms in total. The summed E-state index contributed by atoms with van der Waals surface area (Å²) >= 11 is 0. The minimum atomic E-state index is -0.0752. The Labute approximate surface area is 55.0 Å². The van der Waals surface area contributed by atoms with Gasteiger partial charge in [-0.3, -0.25) is 0 Å². The van der Waals surface area contributed by atoms with Gasteiger partial charge in [0.2, 0.25) is 0 Å². The Kier molecular flexibility index (Phi) is 4.18. The number of ether oxygens (including phenoxy) is 1. The smallest absolute Gasteiger partial charge is 0.118 e. The van der Waals surface area contributed by atoms with Crippen LogP contribution < -0.4 is 11.1 Å². The second-order valence-electron chi connectivity index (χ2n) is 1.61. The summed E-state index contributed by atoms with van der Waals surface area (Å²) in [5.41, 5.74) is 5.35. The molecule has 0 bridgehead atoms. The minimum absolute atomic E-state index is 0. The summed E-state index contributed by atoms with van der Waals surface area (Å²) < 4.78 is 4.99. The summed E-state index contributed by atoms with van der Waals surface area (Å²) in [6.07, 6.45) is -0.0752. The molecule has 0 aromatic carbocycles. The largest absolute Gasteiger partial charge is 0.361 e. The average molecular weight is 139 g/mol. The Morgan fingerprint density at radius 1 is 1.62 bits per heavy atom. The molecule has 3 N–H and O–H groups in total. The zero-order valence-electron chi connectivity index (χ0n) is 4.59. The normalized spacial score (nSPS) is 28.9. The molecule has 50 valence electrons. The van der Waals surface area contributed by atoms with Crippen LogP contribution in [-0.4, -0.2) is 25.9 Å². The highest BCUT2D eigenvalue weighted by Gasteiger charge is 2.05. The molecule has 0 spiro atoms. The van der Waals surface area contributed by atoms with E-state index in [0.29, 0.717) is 0 Å². The fraction of sp³-hybridized carbons (Fsp3) is 1.00. The van der Waals surface area contributed by atoms with Crippen molar-refractivity contribution < 1.29 is 4.74 Å². The molecule has 1 saturated heterocycles. The van der Waals surface area contributed by atoms with Gasteiger partial charge in [0.05, 0.1) is 6.61 Å². The number of hydrogen-bond donors (Lipinski definition) is 2. The van der Waals surface area contributed by atoms with Crippen molar-refractivity contribution in [1.82, 2.24) is 5.32 Å². The fourth-order valence-electron chi connectivity index (χ4n) is 0.586. The van der Waals surface area contributed by atoms with Gasteiger partial charge in [0.15, 0.2) is 0 Å². The maximum Gasteiger partial charge on any atom is 0.118 e. The Balaban J connectivity index is 0.000000490. The van der Waals surface area contributed by atoms with E-state index >= 15 is 0 Å². The van der Waals surface area contributed by atoms with Crippen LogP contribution in [0.15, 0.2) is 0 Å². The fourth-order valence-corrected chi connectivity index (χ4v) is 0.586. The summed E-state index contributed by atoms with van der Waals surface area (Å²) in [5, 5.41) is 3.08. The Morgan fingerprint density at radius 2 is 2.38 bits per heavy atom. The van der Waals surface area contributed by atoms with Gasteiger partial charge < -0.3 is 15.8 Å². The highest BCUT2D eigenvalue weighted by molar-refractivity contribution is 5.85. The molecule has 0 unspecified atom stereocenters. The summed E-state index contributed by atoms with van der Waals surface area (Å²) in [6.45, 7) is 2.48. The van der Waals surface area contributed by atoms with Crippen LogP contribution in [0.2, 0.25) is 0 Å². The van der Waals surface area contributed by atoms with Crippen molar-refractivity contribution in [2.75, 3.05) is 19.7 Å². The number of nitrogens with two attached hydrogens (primary N) is 1. The van der Waals surface area contributed by atoms with Gasteiger partial charge in [0.25, 0.3) is 0 Å². The Morgan fingerprint density at radius 3 is 2.62 bits per heavy atom. The molecule has 1 aliphatic rings. The number of hydrogen-bond acceptors (Lipinski definition) is 3. The zero-order valence-corrected chi connectivity index (χ0v) is 5.41. The predicted molar refractivity (Wildman–Crippen MR) is 34.0 cm³/mol. The third-order valence-corrected chi connectivity index (χ3v) is 0.956. The molecule has 0 aromatic heterocycles. The molecule has 0 radical (unpaired) electrons. The van der Waals surface area contributed by atoms with Gasteiger partial charge in [0.1, 0.15) is 6.23 Å². The monoisotopic (exact) mass is 138 g/mol. The van der Waals surface area contributed by atoms with E-state index in [0.717, 1.165) is 19.7 Å². The van der Waals surface area contributed by atoms with E-state index < -0.39 is 0 Å². The molecule has 4 heteroatoms. The van der Waals surface area contributed by atoms with Crippen LogP contribution >= 0.6 is 12.4 Å². The van der Waals surface area contributed by atoms with Crippen molar-refractivity contribution in [2.45, 2.75) is 6.23 Å². The molecule has 0 saturated carbocycles. The maximum atomic E-state index is 5.35. The number of halogens is 1. The van der Waals surface area contributed by atoms with Crippen molar-refractivity contribution in [2.24, 2.45) is 5.73 Å². The standard InChI is InChI=1S/C4H10N2O.ClH/c5-4-3-6-1-2-7-4;/h4,6H,1-3,5H2;1H/t4-;/m0./s1. The van der Waals surface area contributed by atoms with Crippen LogP contribution in [0, 0.1) is 0 Å². The first-order chi connectivity index (χ1) is 3.39. The van der Waals surface area contributed by atoms with Gasteiger partial charge in [-0.2, -0.15) is 0 Å². The van der Waals surface area contributed by atoms with Crippen LogP contribution in [0.5, 0.6) is 0 Å². The Bertz CT molecular complexity index is 56.0. The van der Waals surface area contributed by atoms with E-state index in [1.54, 1.807) is 0 Å². The highest BCUT2D eigenvalue weighted by Crippen LogP contribution is 1.84. The molecule has 8 heavy (non-hydrogen) atoms. The number of nitrogens with one attached hydrogen (secondary N) is 1. The number of rotatable bonds is 0. The van der Waals surface area contributed by atoms with E-state index in [2.05, 4.69) is 5.32 Å². The van der Waals surface area contributed by atoms with Gasteiger partial charge in [-0.1, -0.05) is 0 Å². The topological polar surface area (TPSA) is 47.3 Å². The van der Waals surface area contributed by atoms with Crippen molar-refractivity contribution in [3.05, 3.63) is 0 Å². The molecular weight excluding hydrogens is 128 g/mol. The third-order valence-electron chi connectivity index (χ3n) is 0.956. The molecule has 1 rings (SSSR count). The second-order valence-corrected chi connectivity index (χ2v) is 1.61. The van der Waals surface area contributed by atoms with Gasteiger partial charge in [-0.15, -0.1) is 12.4 Å². The molecule has 1 atom stereocenters. The first-order valence-electron chi connectivity index (χ1n) is 2.47. The molecular formula is C4H11ClN2O. The molecule has 0 amide bonds. The third kappa shape index (κ3) is 2.47. The van der Waals surface area contributed by atoms with E-state index in [1.807, 2.05) is 0 Å². The summed E-state index contributed by atoms with van der Waals surface area (Å²) in [4.78, 5) is 0. The summed E-state index contributed by atoms with van der Waals surface area (Å²) in [6, 6.07) is 0. The lowest BCUT2D eigenvalue weighted by Crippen LogP contribution is -2.43. The van der Waals surface area contributed by atoms with Crippen LogP contribution in [0.25, 0.3) is 0 Å². The number of morpholine rings is 1. The predicted octanol–water partition coefficient (Wildman–Crippen LogP) is -0.687. The first-order valence-corrected chi connectivity index (χ1v) is 2.47. The minimum Gasteiger partial charge on any atom is -0.361 e. The second kappa shape index (κ2) is 4.09. The van der Waals surface area contributed by atoms with E-state index in [1.165, 1.54) is 0 Å². The van der Waals surface area contributed by atoms with Crippen LogP contribution in [-0.2, 0) is 4.74 Å². The van der Waals surface area contributed by atoms with E-state index in [4.69, 9.17) is 10.5 Å². The van der Waals surface area contributed by atoms with Crippen molar-refractivity contribution in [1.29, 1.82) is 0 Å². The van der Waals surface area contributed by atoms with Crippen LogP contribution in [0.4, 0.5) is 0 Å². The van der Waals surface area contributed by atoms with Gasteiger partial charge in [-0.25, -0.2) is 0 Å². The highest BCUT2D eigenvalue weighted by atomic mass is 35.5. The van der Waals surface area contributed by atoms with Crippen molar-refractivity contribution in [3.8, 4) is 0 Å². The van der Waals surface area contributed by atoms with E-state index in [-0.39, 0.29) is 18.6 Å². The quantitative estimate of drug-likeness (QED) is 0.466. The van der Waals surface area contributed by atoms with Crippen molar-refractivity contribution in [3.63, 3.8) is 0 Å². The lowest BCUT2D eigenvalue weighted by molar-refractivity contribution is 0.0331.